The summed E-state index contributed by atoms with van der Waals surface area (Å²) in [4.78, 5) is 13.7. The van der Waals surface area contributed by atoms with Crippen LogP contribution in [0.2, 0.25) is 0 Å². The van der Waals surface area contributed by atoms with E-state index in [0.29, 0.717) is 12.3 Å². The molecule has 1 atom stereocenters. The summed E-state index contributed by atoms with van der Waals surface area (Å²) in [5, 5.41) is 0. The zero-order chi connectivity index (χ0) is 13.0. The SMILES string of the molecule is Cc1ccc(N(C)C(=O)CC(N)C(C)C)cc1. The van der Waals surface area contributed by atoms with Gasteiger partial charge in [0, 0.05) is 25.2 Å². The molecule has 17 heavy (non-hydrogen) atoms. The van der Waals surface area contributed by atoms with Gasteiger partial charge >= 0.3 is 0 Å². The van der Waals surface area contributed by atoms with Crippen molar-refractivity contribution in [3.05, 3.63) is 29.8 Å². The summed E-state index contributed by atoms with van der Waals surface area (Å²) in [6.45, 7) is 6.09. The van der Waals surface area contributed by atoms with Gasteiger partial charge in [-0.2, -0.15) is 0 Å². The van der Waals surface area contributed by atoms with E-state index in [-0.39, 0.29) is 11.9 Å². The van der Waals surface area contributed by atoms with Gasteiger partial charge in [0.05, 0.1) is 0 Å². The average molecular weight is 234 g/mol. The molecule has 0 bridgehead atoms. The van der Waals surface area contributed by atoms with Crippen molar-refractivity contribution in [1.82, 2.24) is 0 Å². The predicted octanol–water partition coefficient (Wildman–Crippen LogP) is 2.33. The zero-order valence-electron chi connectivity index (χ0n) is 11.1. The van der Waals surface area contributed by atoms with Crippen LogP contribution in [0.1, 0.15) is 25.8 Å². The molecular weight excluding hydrogens is 212 g/mol. The van der Waals surface area contributed by atoms with Crippen LogP contribution >= 0.6 is 0 Å². The molecular formula is C14H22N2O. The van der Waals surface area contributed by atoms with Gasteiger partial charge in [-0.3, -0.25) is 4.79 Å². The summed E-state index contributed by atoms with van der Waals surface area (Å²) < 4.78 is 0. The Hall–Kier alpha value is -1.35. The summed E-state index contributed by atoms with van der Waals surface area (Å²) in [7, 11) is 1.79. The van der Waals surface area contributed by atoms with Crippen molar-refractivity contribution < 1.29 is 4.79 Å². The van der Waals surface area contributed by atoms with Crippen molar-refractivity contribution in [1.29, 1.82) is 0 Å². The Kier molecular flexibility index (Phi) is 4.70. The van der Waals surface area contributed by atoms with Gasteiger partial charge in [-0.25, -0.2) is 0 Å². The van der Waals surface area contributed by atoms with Crippen molar-refractivity contribution >= 4 is 11.6 Å². The van der Waals surface area contributed by atoms with E-state index in [2.05, 4.69) is 0 Å². The maximum atomic E-state index is 12.0. The smallest absolute Gasteiger partial charge is 0.228 e. The first-order valence-corrected chi connectivity index (χ1v) is 6.00. The van der Waals surface area contributed by atoms with Crippen LogP contribution in [-0.2, 0) is 4.79 Å². The summed E-state index contributed by atoms with van der Waals surface area (Å²) in [6.07, 6.45) is 0.391. The monoisotopic (exact) mass is 234 g/mol. The number of carbonyl (C=O) groups excluding carboxylic acids is 1. The number of hydrogen-bond acceptors (Lipinski definition) is 2. The molecule has 0 saturated heterocycles. The molecule has 0 aliphatic rings. The lowest BCUT2D eigenvalue weighted by Crippen LogP contribution is -2.36. The maximum absolute atomic E-state index is 12.0. The largest absolute Gasteiger partial charge is 0.327 e. The number of nitrogens with two attached hydrogens (primary N) is 1. The third-order valence-electron chi connectivity index (χ3n) is 3.06. The Morgan fingerprint density at radius 2 is 1.82 bits per heavy atom. The van der Waals surface area contributed by atoms with Crippen LogP contribution in [0.3, 0.4) is 0 Å². The molecule has 0 spiro atoms. The van der Waals surface area contributed by atoms with Crippen LogP contribution in [0.25, 0.3) is 0 Å². The van der Waals surface area contributed by atoms with Gasteiger partial charge in [0.25, 0.3) is 0 Å². The lowest BCUT2D eigenvalue weighted by molar-refractivity contribution is -0.118. The predicted molar refractivity (Wildman–Crippen MR) is 72.0 cm³/mol. The van der Waals surface area contributed by atoms with Gasteiger partial charge in [0.2, 0.25) is 5.91 Å². The molecule has 1 rings (SSSR count). The normalized spacial score (nSPS) is 12.6. The third-order valence-corrected chi connectivity index (χ3v) is 3.06. The summed E-state index contributed by atoms with van der Waals surface area (Å²) >= 11 is 0. The Balaban J connectivity index is 2.66. The van der Waals surface area contributed by atoms with E-state index in [9.17, 15) is 4.79 Å². The second-order valence-corrected chi connectivity index (χ2v) is 4.90. The molecule has 1 unspecified atom stereocenters. The van der Waals surface area contributed by atoms with Crippen molar-refractivity contribution in [2.45, 2.75) is 33.2 Å². The lowest BCUT2D eigenvalue weighted by Gasteiger charge is -2.21. The Morgan fingerprint density at radius 1 is 1.29 bits per heavy atom. The second kappa shape index (κ2) is 5.82. The van der Waals surface area contributed by atoms with Gasteiger partial charge < -0.3 is 10.6 Å². The first-order valence-electron chi connectivity index (χ1n) is 6.00. The van der Waals surface area contributed by atoms with Crippen LogP contribution < -0.4 is 10.6 Å². The highest BCUT2D eigenvalue weighted by Gasteiger charge is 2.17. The number of carbonyl (C=O) groups is 1. The molecule has 2 N–H and O–H groups in total. The Morgan fingerprint density at radius 3 is 2.29 bits per heavy atom. The van der Waals surface area contributed by atoms with E-state index in [1.54, 1.807) is 11.9 Å². The molecule has 3 nitrogen and oxygen atoms in total. The number of aryl methyl sites for hydroxylation is 1. The highest BCUT2D eigenvalue weighted by Crippen LogP contribution is 2.15. The van der Waals surface area contributed by atoms with E-state index in [0.717, 1.165) is 5.69 Å². The van der Waals surface area contributed by atoms with Crippen LogP contribution in [0.15, 0.2) is 24.3 Å². The fourth-order valence-corrected chi connectivity index (χ4v) is 1.49. The number of anilines is 1. The fourth-order valence-electron chi connectivity index (χ4n) is 1.49. The first kappa shape index (κ1) is 13.7. The molecule has 0 radical (unpaired) electrons. The third kappa shape index (κ3) is 3.86. The van der Waals surface area contributed by atoms with Crippen LogP contribution in [0.5, 0.6) is 0 Å². The highest BCUT2D eigenvalue weighted by molar-refractivity contribution is 5.93. The highest BCUT2D eigenvalue weighted by atomic mass is 16.2. The van der Waals surface area contributed by atoms with Crippen molar-refractivity contribution in [2.24, 2.45) is 11.7 Å². The summed E-state index contributed by atoms with van der Waals surface area (Å²) in [5.41, 5.74) is 8.01. The molecule has 0 aromatic heterocycles. The molecule has 0 fully saturated rings. The number of benzene rings is 1. The molecule has 3 heteroatoms. The minimum absolute atomic E-state index is 0.0649. The van der Waals surface area contributed by atoms with Crippen molar-refractivity contribution in [3.8, 4) is 0 Å². The van der Waals surface area contributed by atoms with Crippen LogP contribution in [0, 0.1) is 12.8 Å². The Labute approximate surface area is 104 Å². The van der Waals surface area contributed by atoms with Gasteiger partial charge in [-0.05, 0) is 25.0 Å². The number of nitrogens with zero attached hydrogens (tertiary/aromatic N) is 1. The average Bonchev–Trinajstić information content (AvgIpc) is 2.28. The van der Waals surface area contributed by atoms with Crippen molar-refractivity contribution in [3.63, 3.8) is 0 Å². The van der Waals surface area contributed by atoms with E-state index < -0.39 is 0 Å². The molecule has 0 heterocycles. The van der Waals surface area contributed by atoms with Crippen LogP contribution in [-0.4, -0.2) is 19.0 Å². The maximum Gasteiger partial charge on any atom is 0.228 e. The van der Waals surface area contributed by atoms with E-state index >= 15 is 0 Å². The molecule has 1 amide bonds. The molecule has 94 valence electrons. The van der Waals surface area contributed by atoms with Crippen molar-refractivity contribution in [2.75, 3.05) is 11.9 Å². The number of hydrogen-bond donors (Lipinski definition) is 1. The quantitative estimate of drug-likeness (QED) is 0.869. The molecule has 1 aromatic rings. The molecule has 0 aliphatic carbocycles. The van der Waals surface area contributed by atoms with Gasteiger partial charge in [0.15, 0.2) is 0 Å². The van der Waals surface area contributed by atoms with E-state index in [1.165, 1.54) is 5.56 Å². The van der Waals surface area contributed by atoms with Gasteiger partial charge in [-0.15, -0.1) is 0 Å². The summed E-state index contributed by atoms with van der Waals surface area (Å²) in [5.74, 6) is 0.389. The molecule has 0 aliphatic heterocycles. The van der Waals surface area contributed by atoms with E-state index in [4.69, 9.17) is 5.73 Å². The first-order chi connectivity index (χ1) is 7.91. The Bertz CT molecular complexity index is 370. The van der Waals surface area contributed by atoms with Crippen LogP contribution in [0.4, 0.5) is 5.69 Å². The lowest BCUT2D eigenvalue weighted by atomic mass is 10.0. The minimum atomic E-state index is -0.0737. The number of amides is 1. The van der Waals surface area contributed by atoms with Gasteiger partial charge in [0.1, 0.15) is 0 Å². The minimum Gasteiger partial charge on any atom is -0.327 e. The molecule has 0 saturated carbocycles. The van der Waals surface area contributed by atoms with Gasteiger partial charge in [-0.1, -0.05) is 31.5 Å². The standard InChI is InChI=1S/C14H22N2O/c1-10(2)13(15)9-14(17)16(4)12-7-5-11(3)6-8-12/h5-8,10,13H,9,15H2,1-4H3. The molecule has 1 aromatic carbocycles. The summed E-state index contributed by atoms with van der Waals surface area (Å²) in [6, 6.07) is 7.83. The zero-order valence-corrected chi connectivity index (χ0v) is 11.1. The second-order valence-electron chi connectivity index (χ2n) is 4.90. The number of rotatable bonds is 4. The fraction of sp³-hybridized carbons (Fsp3) is 0.500. The van der Waals surface area contributed by atoms with E-state index in [1.807, 2.05) is 45.0 Å². The topological polar surface area (TPSA) is 46.3 Å².